The van der Waals surface area contributed by atoms with Crippen molar-refractivity contribution < 1.29 is 18.7 Å². The van der Waals surface area contributed by atoms with Crippen LogP contribution in [-0.2, 0) is 33.7 Å². The number of carbonyl (C=O) groups excluding carboxylic acids is 1. The van der Waals surface area contributed by atoms with Crippen molar-refractivity contribution in [3.63, 3.8) is 0 Å². The molecule has 0 bridgehead atoms. The minimum atomic E-state index is -0.358. The number of ether oxygens (including phenoxy) is 2. The van der Waals surface area contributed by atoms with Crippen LogP contribution in [0.3, 0.4) is 0 Å². The average molecular weight is 344 g/mol. The Hall–Kier alpha value is -2.21. The molecule has 1 fully saturated rings. The monoisotopic (exact) mass is 344 g/mol. The molecule has 0 spiro atoms. The van der Waals surface area contributed by atoms with Gasteiger partial charge in [-0.2, -0.15) is 5.10 Å². The number of benzene rings is 1. The zero-order valence-corrected chi connectivity index (χ0v) is 14.0. The quantitative estimate of drug-likeness (QED) is 0.725. The van der Waals surface area contributed by atoms with Crippen molar-refractivity contribution in [1.82, 2.24) is 9.78 Å². The minimum absolute atomic E-state index is 0.00262. The molecular formula is C19H21FN2O3. The van der Waals surface area contributed by atoms with E-state index in [-0.39, 0.29) is 25.0 Å². The summed E-state index contributed by atoms with van der Waals surface area (Å²) in [5, 5.41) is 4.60. The Labute approximate surface area is 145 Å². The number of hydrogen-bond donors (Lipinski definition) is 0. The number of carbonyl (C=O) groups is 1. The number of fused-ring (bicyclic) bond motifs is 1. The highest BCUT2D eigenvalue weighted by molar-refractivity contribution is 5.70. The molecule has 6 heteroatoms. The summed E-state index contributed by atoms with van der Waals surface area (Å²) in [5.74, 6) is -0.000825. The predicted molar refractivity (Wildman–Crippen MR) is 88.9 cm³/mol. The number of aromatic nitrogens is 2. The molecular weight excluding hydrogens is 323 g/mol. The van der Waals surface area contributed by atoms with Crippen LogP contribution in [0.25, 0.3) is 5.69 Å². The Kier molecular flexibility index (Phi) is 4.53. The summed E-state index contributed by atoms with van der Waals surface area (Å²) >= 11 is 0. The number of hydrogen-bond acceptors (Lipinski definition) is 4. The maximum atomic E-state index is 13.1. The van der Waals surface area contributed by atoms with E-state index in [9.17, 15) is 9.18 Å². The molecule has 2 aromatic rings. The molecule has 0 N–H and O–H groups in total. The van der Waals surface area contributed by atoms with Gasteiger partial charge in [-0.05, 0) is 62.3 Å². The normalized spacial score (nSPS) is 16.0. The van der Waals surface area contributed by atoms with E-state index in [1.165, 1.54) is 25.0 Å². The van der Waals surface area contributed by atoms with Gasteiger partial charge in [0, 0.05) is 11.3 Å². The second-order valence-corrected chi connectivity index (χ2v) is 6.73. The number of nitrogens with zero attached hydrogens (tertiary/aromatic N) is 2. The van der Waals surface area contributed by atoms with Gasteiger partial charge >= 0.3 is 5.97 Å². The fourth-order valence-electron chi connectivity index (χ4n) is 3.21. The second kappa shape index (κ2) is 6.96. The lowest BCUT2D eigenvalue weighted by molar-refractivity contribution is -0.150. The van der Waals surface area contributed by atoms with Crippen molar-refractivity contribution in [2.75, 3.05) is 13.2 Å². The molecule has 1 saturated carbocycles. The van der Waals surface area contributed by atoms with Crippen LogP contribution in [0.4, 0.5) is 4.39 Å². The van der Waals surface area contributed by atoms with Crippen LogP contribution in [0, 0.1) is 11.7 Å². The van der Waals surface area contributed by atoms with Crippen LogP contribution < -0.4 is 0 Å². The highest BCUT2D eigenvalue weighted by Gasteiger charge is 2.24. The second-order valence-electron chi connectivity index (χ2n) is 6.73. The fourth-order valence-corrected chi connectivity index (χ4v) is 3.21. The van der Waals surface area contributed by atoms with Crippen molar-refractivity contribution in [3.05, 3.63) is 47.0 Å². The molecule has 0 saturated heterocycles. The van der Waals surface area contributed by atoms with Gasteiger partial charge in [-0.15, -0.1) is 0 Å². The standard InChI is InChI=1S/C19H21FN2O3/c20-14-6-8-15(9-7-14)22-18-3-1-2-16(18)17(21-22)11-25-19(23)12-24-10-13-4-5-13/h6-9,13H,1-5,10-12H2. The van der Waals surface area contributed by atoms with Gasteiger partial charge < -0.3 is 9.47 Å². The van der Waals surface area contributed by atoms with Crippen LogP contribution in [-0.4, -0.2) is 29.0 Å². The molecule has 0 atom stereocenters. The smallest absolute Gasteiger partial charge is 0.332 e. The van der Waals surface area contributed by atoms with Crippen molar-refractivity contribution in [1.29, 1.82) is 0 Å². The molecule has 1 heterocycles. The van der Waals surface area contributed by atoms with E-state index in [0.29, 0.717) is 12.5 Å². The Morgan fingerprint density at radius 1 is 1.24 bits per heavy atom. The lowest BCUT2D eigenvalue weighted by atomic mass is 10.2. The third kappa shape index (κ3) is 3.74. The number of esters is 1. The minimum Gasteiger partial charge on any atom is -0.457 e. The van der Waals surface area contributed by atoms with Gasteiger partial charge in [0.15, 0.2) is 0 Å². The molecule has 2 aliphatic carbocycles. The summed E-state index contributed by atoms with van der Waals surface area (Å²) in [4.78, 5) is 11.8. The Morgan fingerprint density at radius 2 is 2.04 bits per heavy atom. The third-order valence-corrected chi connectivity index (χ3v) is 4.72. The van der Waals surface area contributed by atoms with Crippen molar-refractivity contribution in [2.45, 2.75) is 38.7 Å². The van der Waals surface area contributed by atoms with E-state index in [1.807, 2.05) is 4.68 Å². The lowest BCUT2D eigenvalue weighted by Crippen LogP contribution is -2.14. The van der Waals surface area contributed by atoms with Crippen molar-refractivity contribution in [2.24, 2.45) is 5.92 Å². The third-order valence-electron chi connectivity index (χ3n) is 4.72. The summed E-state index contributed by atoms with van der Waals surface area (Å²) < 4.78 is 25.7. The number of rotatable bonds is 7. The van der Waals surface area contributed by atoms with Crippen LogP contribution in [0.15, 0.2) is 24.3 Å². The van der Waals surface area contributed by atoms with Crippen LogP contribution >= 0.6 is 0 Å². The van der Waals surface area contributed by atoms with Crippen molar-refractivity contribution in [3.8, 4) is 5.69 Å². The van der Waals surface area contributed by atoms with Crippen LogP contribution in [0.2, 0.25) is 0 Å². The molecule has 5 nitrogen and oxygen atoms in total. The van der Waals surface area contributed by atoms with Gasteiger partial charge in [-0.25, -0.2) is 13.9 Å². The average Bonchev–Trinajstić information content (AvgIpc) is 3.18. The van der Waals surface area contributed by atoms with Crippen LogP contribution in [0.5, 0.6) is 0 Å². The first-order chi connectivity index (χ1) is 12.2. The summed E-state index contributed by atoms with van der Waals surface area (Å²) in [7, 11) is 0. The Balaban J connectivity index is 1.42. The predicted octanol–water partition coefficient (Wildman–Crippen LogP) is 2.97. The van der Waals surface area contributed by atoms with Crippen LogP contribution in [0.1, 0.15) is 36.2 Å². The molecule has 0 aliphatic heterocycles. The van der Waals surface area contributed by atoms with Gasteiger partial charge in [0.1, 0.15) is 24.7 Å². The zero-order valence-electron chi connectivity index (χ0n) is 14.0. The molecule has 0 unspecified atom stereocenters. The molecule has 0 radical (unpaired) electrons. The molecule has 0 amide bonds. The highest BCUT2D eigenvalue weighted by Crippen LogP contribution is 2.29. The summed E-state index contributed by atoms with van der Waals surface area (Å²) in [5.41, 5.74) is 3.89. The van der Waals surface area contributed by atoms with Crippen molar-refractivity contribution >= 4 is 5.97 Å². The molecule has 25 heavy (non-hydrogen) atoms. The van der Waals surface area contributed by atoms with E-state index in [2.05, 4.69) is 5.10 Å². The fraction of sp³-hybridized carbons (Fsp3) is 0.474. The van der Waals surface area contributed by atoms with E-state index in [4.69, 9.17) is 9.47 Å². The Morgan fingerprint density at radius 3 is 2.80 bits per heavy atom. The molecule has 132 valence electrons. The first-order valence-electron chi connectivity index (χ1n) is 8.79. The zero-order chi connectivity index (χ0) is 17.2. The maximum Gasteiger partial charge on any atom is 0.332 e. The van der Waals surface area contributed by atoms with E-state index in [0.717, 1.165) is 41.9 Å². The highest BCUT2D eigenvalue weighted by atomic mass is 19.1. The van der Waals surface area contributed by atoms with Gasteiger partial charge in [0.25, 0.3) is 0 Å². The lowest BCUT2D eigenvalue weighted by Gasteiger charge is -2.06. The van der Waals surface area contributed by atoms with Gasteiger partial charge in [-0.1, -0.05) is 0 Å². The molecule has 1 aromatic heterocycles. The summed E-state index contributed by atoms with van der Waals surface area (Å²) in [6.45, 7) is 0.795. The Bertz CT molecular complexity index is 766. The van der Waals surface area contributed by atoms with E-state index < -0.39 is 0 Å². The first-order valence-corrected chi connectivity index (χ1v) is 8.79. The molecule has 4 rings (SSSR count). The summed E-state index contributed by atoms with van der Waals surface area (Å²) in [6, 6.07) is 6.27. The summed E-state index contributed by atoms with van der Waals surface area (Å²) in [6.07, 6.45) is 5.31. The van der Waals surface area contributed by atoms with E-state index >= 15 is 0 Å². The van der Waals surface area contributed by atoms with E-state index in [1.54, 1.807) is 12.1 Å². The molecule has 1 aromatic carbocycles. The van der Waals surface area contributed by atoms with Gasteiger partial charge in [0.05, 0.1) is 12.3 Å². The maximum absolute atomic E-state index is 13.1. The topological polar surface area (TPSA) is 53.4 Å². The molecule has 2 aliphatic rings. The van der Waals surface area contributed by atoms with Gasteiger partial charge in [-0.3, -0.25) is 0 Å². The largest absolute Gasteiger partial charge is 0.457 e. The van der Waals surface area contributed by atoms with Gasteiger partial charge in [0.2, 0.25) is 0 Å². The first kappa shape index (κ1) is 16.3. The number of halogens is 1. The SMILES string of the molecule is O=C(COCC1CC1)OCc1nn(-c2ccc(F)cc2)c2c1CCC2.